The molecule has 17 heavy (non-hydrogen) atoms. The average Bonchev–Trinajstić information content (AvgIpc) is 2.81. The summed E-state index contributed by atoms with van der Waals surface area (Å²) in [6, 6.07) is 0. The van der Waals surface area contributed by atoms with Crippen molar-refractivity contribution in [2.24, 2.45) is 5.92 Å². The molecule has 0 bridgehead atoms. The molecule has 0 spiro atoms. The third kappa shape index (κ3) is 2.37. The standard InChI is InChI=1S/C11H17N3O2S/c15-17(16)4-2-8(7-17)5-11-13-9-1-3-12-6-10(9)14-11/h8,12H,1-7H2,(H,13,14). The highest BCUT2D eigenvalue weighted by Gasteiger charge is 2.29. The first-order chi connectivity index (χ1) is 8.12. The van der Waals surface area contributed by atoms with Crippen molar-refractivity contribution in [3.63, 3.8) is 0 Å². The van der Waals surface area contributed by atoms with Crippen LogP contribution in [0, 0.1) is 5.92 Å². The number of rotatable bonds is 2. The van der Waals surface area contributed by atoms with Crippen LogP contribution in [0.15, 0.2) is 0 Å². The van der Waals surface area contributed by atoms with Crippen molar-refractivity contribution in [2.45, 2.75) is 25.8 Å². The molecule has 1 aromatic heterocycles. The van der Waals surface area contributed by atoms with Crippen molar-refractivity contribution in [3.05, 3.63) is 17.2 Å². The van der Waals surface area contributed by atoms with E-state index < -0.39 is 9.84 Å². The topological polar surface area (TPSA) is 74.8 Å². The molecule has 0 amide bonds. The van der Waals surface area contributed by atoms with Crippen LogP contribution in [-0.2, 0) is 29.2 Å². The van der Waals surface area contributed by atoms with Gasteiger partial charge < -0.3 is 10.3 Å². The summed E-state index contributed by atoms with van der Waals surface area (Å²) in [5.41, 5.74) is 2.33. The van der Waals surface area contributed by atoms with Gasteiger partial charge in [0.2, 0.25) is 0 Å². The fourth-order valence-corrected chi connectivity index (χ4v) is 4.54. The van der Waals surface area contributed by atoms with Gasteiger partial charge in [0.05, 0.1) is 22.9 Å². The highest BCUT2D eigenvalue weighted by molar-refractivity contribution is 7.91. The lowest BCUT2D eigenvalue weighted by Crippen LogP contribution is -2.23. The van der Waals surface area contributed by atoms with Crippen LogP contribution in [0.5, 0.6) is 0 Å². The van der Waals surface area contributed by atoms with Gasteiger partial charge in [0.25, 0.3) is 0 Å². The van der Waals surface area contributed by atoms with Crippen molar-refractivity contribution in [1.82, 2.24) is 15.3 Å². The zero-order chi connectivity index (χ0) is 11.9. The molecule has 2 aliphatic heterocycles. The lowest BCUT2D eigenvalue weighted by molar-refractivity contribution is 0.571. The molecular formula is C11H17N3O2S. The van der Waals surface area contributed by atoms with E-state index in [0.717, 1.165) is 43.9 Å². The first-order valence-electron chi connectivity index (χ1n) is 6.10. The Kier molecular flexibility index (Phi) is 2.71. The number of sulfone groups is 1. The number of hydrogen-bond acceptors (Lipinski definition) is 4. The van der Waals surface area contributed by atoms with Gasteiger partial charge in [0.1, 0.15) is 5.82 Å². The van der Waals surface area contributed by atoms with E-state index in [-0.39, 0.29) is 5.92 Å². The Morgan fingerprint density at radius 3 is 3.00 bits per heavy atom. The quantitative estimate of drug-likeness (QED) is 0.782. The second-order valence-electron chi connectivity index (χ2n) is 5.01. The van der Waals surface area contributed by atoms with Gasteiger partial charge in [-0.2, -0.15) is 0 Å². The van der Waals surface area contributed by atoms with Crippen molar-refractivity contribution >= 4 is 9.84 Å². The largest absolute Gasteiger partial charge is 0.345 e. The van der Waals surface area contributed by atoms with E-state index in [1.807, 2.05) is 0 Å². The SMILES string of the molecule is O=S1(=O)CCC(Cc2nc3c([nH]2)CNCC3)C1. The Balaban J connectivity index is 1.71. The third-order valence-electron chi connectivity index (χ3n) is 3.56. The molecule has 2 aliphatic rings. The minimum atomic E-state index is -2.77. The normalized spacial score (nSPS) is 26.9. The van der Waals surface area contributed by atoms with Gasteiger partial charge in [-0.15, -0.1) is 0 Å². The van der Waals surface area contributed by atoms with E-state index in [0.29, 0.717) is 11.5 Å². The Morgan fingerprint density at radius 1 is 1.41 bits per heavy atom. The molecule has 1 saturated heterocycles. The Morgan fingerprint density at radius 2 is 2.29 bits per heavy atom. The van der Waals surface area contributed by atoms with Gasteiger partial charge >= 0.3 is 0 Å². The second kappa shape index (κ2) is 4.10. The molecule has 0 saturated carbocycles. The third-order valence-corrected chi connectivity index (χ3v) is 5.40. The lowest BCUT2D eigenvalue weighted by Gasteiger charge is -2.09. The maximum Gasteiger partial charge on any atom is 0.150 e. The molecular weight excluding hydrogens is 238 g/mol. The van der Waals surface area contributed by atoms with E-state index >= 15 is 0 Å². The van der Waals surface area contributed by atoms with Crippen molar-refractivity contribution < 1.29 is 8.42 Å². The summed E-state index contributed by atoms with van der Waals surface area (Å²) in [6.45, 7) is 1.83. The maximum atomic E-state index is 11.4. The van der Waals surface area contributed by atoms with Crippen LogP contribution in [0.25, 0.3) is 0 Å². The molecule has 1 unspecified atom stereocenters. The van der Waals surface area contributed by atoms with Gasteiger partial charge in [0.15, 0.2) is 9.84 Å². The Hall–Kier alpha value is -0.880. The molecule has 3 rings (SSSR count). The van der Waals surface area contributed by atoms with Crippen LogP contribution in [0.4, 0.5) is 0 Å². The summed E-state index contributed by atoms with van der Waals surface area (Å²) >= 11 is 0. The summed E-state index contributed by atoms with van der Waals surface area (Å²) in [5, 5.41) is 3.29. The molecule has 94 valence electrons. The number of imidazole rings is 1. The van der Waals surface area contributed by atoms with Crippen LogP contribution in [0.1, 0.15) is 23.6 Å². The van der Waals surface area contributed by atoms with E-state index in [1.165, 1.54) is 5.69 Å². The molecule has 6 heteroatoms. The number of hydrogen-bond donors (Lipinski definition) is 2. The molecule has 1 aromatic rings. The molecule has 0 radical (unpaired) electrons. The van der Waals surface area contributed by atoms with Crippen LogP contribution in [0.2, 0.25) is 0 Å². The summed E-state index contributed by atoms with van der Waals surface area (Å²) < 4.78 is 22.8. The highest BCUT2D eigenvalue weighted by atomic mass is 32.2. The lowest BCUT2D eigenvalue weighted by atomic mass is 10.1. The molecule has 3 heterocycles. The Labute approximate surface area is 101 Å². The summed E-state index contributed by atoms with van der Waals surface area (Å²) in [4.78, 5) is 7.89. The molecule has 5 nitrogen and oxygen atoms in total. The average molecular weight is 255 g/mol. The monoisotopic (exact) mass is 255 g/mol. The van der Waals surface area contributed by atoms with Gasteiger partial charge in [-0.1, -0.05) is 0 Å². The minimum Gasteiger partial charge on any atom is -0.345 e. The number of nitrogens with one attached hydrogen (secondary N) is 2. The van der Waals surface area contributed by atoms with E-state index in [4.69, 9.17) is 0 Å². The van der Waals surface area contributed by atoms with Crippen molar-refractivity contribution in [3.8, 4) is 0 Å². The molecule has 1 fully saturated rings. The fraction of sp³-hybridized carbons (Fsp3) is 0.727. The van der Waals surface area contributed by atoms with Gasteiger partial charge in [-0.25, -0.2) is 13.4 Å². The molecule has 0 aromatic carbocycles. The summed E-state index contributed by atoms with van der Waals surface area (Å²) in [6.07, 6.45) is 2.52. The number of nitrogens with zero attached hydrogens (tertiary/aromatic N) is 1. The second-order valence-corrected chi connectivity index (χ2v) is 7.24. The minimum absolute atomic E-state index is 0.251. The van der Waals surface area contributed by atoms with Crippen LogP contribution < -0.4 is 5.32 Å². The zero-order valence-electron chi connectivity index (χ0n) is 9.70. The highest BCUT2D eigenvalue weighted by Crippen LogP contribution is 2.22. The van der Waals surface area contributed by atoms with E-state index in [2.05, 4.69) is 15.3 Å². The number of fused-ring (bicyclic) bond motifs is 1. The Bertz CT molecular complexity index is 497. The predicted molar refractivity (Wildman–Crippen MR) is 64.5 cm³/mol. The number of aromatic nitrogens is 2. The molecule has 1 atom stereocenters. The van der Waals surface area contributed by atoms with E-state index in [9.17, 15) is 8.42 Å². The van der Waals surface area contributed by atoms with Crippen molar-refractivity contribution in [1.29, 1.82) is 0 Å². The summed E-state index contributed by atoms with van der Waals surface area (Å²) in [7, 11) is -2.77. The number of H-pyrrole nitrogens is 1. The maximum absolute atomic E-state index is 11.4. The van der Waals surface area contributed by atoms with Gasteiger partial charge in [-0.3, -0.25) is 0 Å². The van der Waals surface area contributed by atoms with Crippen molar-refractivity contribution in [2.75, 3.05) is 18.1 Å². The fourth-order valence-electron chi connectivity index (χ4n) is 2.68. The first-order valence-corrected chi connectivity index (χ1v) is 7.92. The smallest absolute Gasteiger partial charge is 0.150 e. The molecule has 0 aliphatic carbocycles. The van der Waals surface area contributed by atoms with Crippen LogP contribution in [-0.4, -0.2) is 36.4 Å². The zero-order valence-corrected chi connectivity index (χ0v) is 10.5. The van der Waals surface area contributed by atoms with Gasteiger partial charge in [0, 0.05) is 25.9 Å². The number of aromatic amines is 1. The molecule has 2 N–H and O–H groups in total. The first kappa shape index (κ1) is 11.2. The summed E-state index contributed by atoms with van der Waals surface area (Å²) in [5.74, 6) is 1.89. The van der Waals surface area contributed by atoms with Gasteiger partial charge in [-0.05, 0) is 12.3 Å². The van der Waals surface area contributed by atoms with Crippen LogP contribution >= 0.6 is 0 Å². The van der Waals surface area contributed by atoms with E-state index in [1.54, 1.807) is 0 Å². The predicted octanol–water partition coefficient (Wildman–Crippen LogP) is 0.0326. The van der Waals surface area contributed by atoms with Crippen LogP contribution in [0.3, 0.4) is 0 Å².